The Morgan fingerprint density at radius 2 is 2.00 bits per heavy atom. The van der Waals surface area contributed by atoms with Crippen molar-refractivity contribution in [1.29, 1.82) is 0 Å². The van der Waals surface area contributed by atoms with Crippen LogP contribution >= 0.6 is 0 Å². The molecule has 0 aliphatic carbocycles. The highest BCUT2D eigenvalue weighted by atomic mass is 16.4. The molecule has 88 valence electrons. The zero-order valence-corrected chi connectivity index (χ0v) is 9.33. The molecule has 0 aromatic rings. The molecule has 15 heavy (non-hydrogen) atoms. The molecule has 0 rings (SSSR count). The van der Waals surface area contributed by atoms with Crippen LogP contribution in [0.25, 0.3) is 0 Å². The van der Waals surface area contributed by atoms with E-state index in [-0.39, 0.29) is 12.5 Å². The summed E-state index contributed by atoms with van der Waals surface area (Å²) in [5.41, 5.74) is 4.72. The topological polar surface area (TPSA) is 104 Å². The van der Waals surface area contributed by atoms with Crippen LogP contribution in [0, 0.1) is 5.41 Å². The normalized spacial score (nSPS) is 13.3. The van der Waals surface area contributed by atoms with Gasteiger partial charge in [0.1, 0.15) is 6.04 Å². The quantitative estimate of drug-likeness (QED) is 0.445. The Labute approximate surface area is 89.2 Å². The Morgan fingerprint density at radius 1 is 1.47 bits per heavy atom. The summed E-state index contributed by atoms with van der Waals surface area (Å²) >= 11 is 0. The minimum absolute atomic E-state index is 0.0982. The molecule has 0 spiro atoms. The van der Waals surface area contributed by atoms with Crippen LogP contribution < -0.4 is 16.4 Å². The zero-order chi connectivity index (χ0) is 12.1. The highest BCUT2D eigenvalue weighted by Crippen LogP contribution is 2.12. The highest BCUT2D eigenvalue weighted by Gasteiger charge is 2.26. The maximum Gasteiger partial charge on any atom is 0.321 e. The summed E-state index contributed by atoms with van der Waals surface area (Å²) in [5, 5.41) is 13.9. The summed E-state index contributed by atoms with van der Waals surface area (Å²) in [7, 11) is 1.56. The fourth-order valence-corrected chi connectivity index (χ4v) is 1.05. The van der Waals surface area contributed by atoms with Crippen LogP contribution in [0.5, 0.6) is 0 Å². The maximum atomic E-state index is 11.3. The molecule has 6 heteroatoms. The number of nitrogens with two attached hydrogens (primary N) is 1. The Bertz CT molecular complexity index is 241. The van der Waals surface area contributed by atoms with Crippen molar-refractivity contribution >= 4 is 11.9 Å². The van der Waals surface area contributed by atoms with Crippen LogP contribution in [0.15, 0.2) is 0 Å². The first-order chi connectivity index (χ1) is 6.81. The number of carboxylic acid groups (broad SMARTS) is 1. The number of nitrogens with one attached hydrogen (secondary N) is 2. The number of hydrogen-bond donors (Lipinski definition) is 4. The number of carboxylic acids is 1. The second-order valence-corrected chi connectivity index (χ2v) is 4.04. The van der Waals surface area contributed by atoms with Gasteiger partial charge in [-0.05, 0) is 13.8 Å². The molecule has 1 unspecified atom stereocenters. The van der Waals surface area contributed by atoms with E-state index in [0.29, 0.717) is 6.54 Å². The van der Waals surface area contributed by atoms with Gasteiger partial charge in [0, 0.05) is 20.1 Å². The van der Waals surface area contributed by atoms with Crippen molar-refractivity contribution in [2.75, 3.05) is 20.1 Å². The third kappa shape index (κ3) is 4.75. The lowest BCUT2D eigenvalue weighted by Gasteiger charge is -2.23. The van der Waals surface area contributed by atoms with Crippen molar-refractivity contribution in [2.24, 2.45) is 11.1 Å². The minimum atomic E-state index is -1.06. The van der Waals surface area contributed by atoms with E-state index < -0.39 is 17.4 Å². The predicted octanol–water partition coefficient (Wildman–Crippen LogP) is -1.24. The summed E-state index contributed by atoms with van der Waals surface area (Å²) in [6.07, 6.45) is 0. The van der Waals surface area contributed by atoms with Gasteiger partial charge in [0.25, 0.3) is 0 Å². The Hall–Kier alpha value is -1.14. The molecule has 5 N–H and O–H groups in total. The summed E-state index contributed by atoms with van der Waals surface area (Å²) in [6.45, 7) is 4.07. The average Bonchev–Trinajstić information content (AvgIpc) is 2.15. The lowest BCUT2D eigenvalue weighted by molar-refractivity contribution is -0.138. The van der Waals surface area contributed by atoms with Crippen molar-refractivity contribution in [1.82, 2.24) is 10.6 Å². The molecule has 0 aromatic heterocycles. The van der Waals surface area contributed by atoms with E-state index in [4.69, 9.17) is 10.8 Å². The van der Waals surface area contributed by atoms with Gasteiger partial charge in [-0.1, -0.05) is 0 Å². The summed E-state index contributed by atoms with van der Waals surface area (Å²) in [4.78, 5) is 21.7. The lowest BCUT2D eigenvalue weighted by atomic mass is 9.92. The molecule has 0 saturated carbocycles. The second-order valence-electron chi connectivity index (χ2n) is 4.04. The molecule has 1 atom stereocenters. The van der Waals surface area contributed by atoms with Crippen molar-refractivity contribution in [3.8, 4) is 0 Å². The van der Waals surface area contributed by atoms with Gasteiger partial charge in [-0.2, -0.15) is 0 Å². The lowest BCUT2D eigenvalue weighted by Crippen LogP contribution is -2.46. The van der Waals surface area contributed by atoms with E-state index in [0.717, 1.165) is 0 Å². The second kappa shape index (κ2) is 5.67. The van der Waals surface area contributed by atoms with Gasteiger partial charge in [-0.3, -0.25) is 9.59 Å². The number of amides is 1. The molecule has 1 amide bonds. The number of hydrogen-bond acceptors (Lipinski definition) is 4. The fourth-order valence-electron chi connectivity index (χ4n) is 1.05. The van der Waals surface area contributed by atoms with Crippen LogP contribution in [-0.2, 0) is 9.59 Å². The smallest absolute Gasteiger partial charge is 0.321 e. The SMILES string of the molecule is CNC(=O)C(C)(C)CNCC(N)C(=O)O. The average molecular weight is 217 g/mol. The fraction of sp³-hybridized carbons (Fsp3) is 0.778. The van der Waals surface area contributed by atoms with Crippen LogP contribution in [0.4, 0.5) is 0 Å². The molecule has 6 nitrogen and oxygen atoms in total. The molecule has 0 radical (unpaired) electrons. The Kier molecular flexibility index (Phi) is 5.24. The number of carbonyl (C=O) groups is 2. The number of rotatable bonds is 6. The van der Waals surface area contributed by atoms with Crippen molar-refractivity contribution in [2.45, 2.75) is 19.9 Å². The molecule has 0 saturated heterocycles. The van der Waals surface area contributed by atoms with E-state index in [9.17, 15) is 9.59 Å². The van der Waals surface area contributed by atoms with Crippen LogP contribution in [-0.4, -0.2) is 43.2 Å². The largest absolute Gasteiger partial charge is 0.480 e. The number of carbonyl (C=O) groups excluding carboxylic acids is 1. The molecule has 0 aliphatic rings. The minimum Gasteiger partial charge on any atom is -0.480 e. The third-order valence-corrected chi connectivity index (χ3v) is 2.09. The molecular weight excluding hydrogens is 198 g/mol. The van der Waals surface area contributed by atoms with Crippen molar-refractivity contribution < 1.29 is 14.7 Å². The van der Waals surface area contributed by atoms with E-state index in [1.807, 2.05) is 0 Å². The van der Waals surface area contributed by atoms with Gasteiger partial charge in [-0.15, -0.1) is 0 Å². The third-order valence-electron chi connectivity index (χ3n) is 2.09. The molecule has 0 aromatic carbocycles. The van der Waals surface area contributed by atoms with Gasteiger partial charge in [0.15, 0.2) is 0 Å². The first-order valence-corrected chi connectivity index (χ1v) is 4.72. The zero-order valence-electron chi connectivity index (χ0n) is 9.33. The standard InChI is InChI=1S/C9H19N3O3/c1-9(2,8(15)11-3)5-12-4-6(10)7(13)14/h6,12H,4-5,10H2,1-3H3,(H,11,15)(H,13,14). The molecule has 0 fully saturated rings. The Balaban J connectivity index is 3.95. The monoisotopic (exact) mass is 217 g/mol. The van der Waals surface area contributed by atoms with Crippen LogP contribution in [0.1, 0.15) is 13.8 Å². The van der Waals surface area contributed by atoms with E-state index >= 15 is 0 Å². The van der Waals surface area contributed by atoms with Crippen LogP contribution in [0.2, 0.25) is 0 Å². The predicted molar refractivity (Wildman–Crippen MR) is 56.3 cm³/mol. The van der Waals surface area contributed by atoms with E-state index in [2.05, 4.69) is 10.6 Å². The summed E-state index contributed by atoms with van der Waals surface area (Å²) in [5.74, 6) is -1.15. The first-order valence-electron chi connectivity index (χ1n) is 4.72. The van der Waals surface area contributed by atoms with Crippen LogP contribution in [0.3, 0.4) is 0 Å². The maximum absolute atomic E-state index is 11.3. The van der Waals surface area contributed by atoms with Gasteiger partial charge >= 0.3 is 5.97 Å². The van der Waals surface area contributed by atoms with Gasteiger partial charge in [0.2, 0.25) is 5.91 Å². The van der Waals surface area contributed by atoms with Gasteiger partial charge in [0.05, 0.1) is 5.41 Å². The summed E-state index contributed by atoms with van der Waals surface area (Å²) < 4.78 is 0. The van der Waals surface area contributed by atoms with E-state index in [1.54, 1.807) is 20.9 Å². The molecular formula is C9H19N3O3. The van der Waals surface area contributed by atoms with Gasteiger partial charge in [-0.25, -0.2) is 0 Å². The Morgan fingerprint density at radius 3 is 2.40 bits per heavy atom. The van der Waals surface area contributed by atoms with Crippen molar-refractivity contribution in [3.63, 3.8) is 0 Å². The highest BCUT2D eigenvalue weighted by molar-refractivity contribution is 5.81. The summed E-state index contributed by atoms with van der Waals surface area (Å²) in [6, 6.07) is -0.939. The molecule has 0 bridgehead atoms. The molecule has 0 heterocycles. The van der Waals surface area contributed by atoms with Gasteiger partial charge < -0.3 is 21.5 Å². The molecule has 0 aliphatic heterocycles. The first kappa shape index (κ1) is 13.9. The van der Waals surface area contributed by atoms with E-state index in [1.165, 1.54) is 0 Å². The number of aliphatic carboxylic acids is 1. The van der Waals surface area contributed by atoms with Crippen molar-refractivity contribution in [3.05, 3.63) is 0 Å².